The first-order valence-electron chi connectivity index (χ1n) is 4.74. The Morgan fingerprint density at radius 1 is 1.67 bits per heavy atom. The molecule has 0 spiro atoms. The van der Waals surface area contributed by atoms with E-state index in [0.717, 1.165) is 18.4 Å². The summed E-state index contributed by atoms with van der Waals surface area (Å²) in [6.45, 7) is 0. The van der Waals surface area contributed by atoms with E-state index in [9.17, 15) is 4.79 Å². The number of nitrogens with zero attached hydrogens (tertiary/aromatic N) is 1. The summed E-state index contributed by atoms with van der Waals surface area (Å²) in [5, 5.41) is 15.5. The predicted octanol–water partition coefficient (Wildman–Crippen LogP) is 1.93. The average Bonchev–Trinajstić information content (AvgIpc) is 2.89. The Bertz CT molecular complexity index is 424. The van der Waals surface area contributed by atoms with Crippen molar-refractivity contribution >= 4 is 23.3 Å². The van der Waals surface area contributed by atoms with Crippen LogP contribution >= 0.6 is 11.3 Å². The Balaban J connectivity index is 2.09. The lowest BCUT2D eigenvalue weighted by molar-refractivity contribution is -0.117. The highest BCUT2D eigenvalue weighted by Crippen LogP contribution is 2.19. The smallest absolute Gasteiger partial charge is 0.262 e. The van der Waals surface area contributed by atoms with Crippen LogP contribution in [0.2, 0.25) is 0 Å². The van der Waals surface area contributed by atoms with Crippen LogP contribution in [-0.4, -0.2) is 11.9 Å². The Labute approximate surface area is 92.0 Å². The van der Waals surface area contributed by atoms with Crippen molar-refractivity contribution in [3.63, 3.8) is 0 Å². The monoisotopic (exact) mass is 218 g/mol. The minimum Gasteiger partial charge on any atom is -0.349 e. The summed E-state index contributed by atoms with van der Waals surface area (Å²) >= 11 is 1.54. The Kier molecular flexibility index (Phi) is 2.84. The molecular formula is C11H10N2OS. The molecule has 1 heterocycles. The topological polar surface area (TPSA) is 52.9 Å². The molecule has 1 N–H and O–H groups in total. The maximum absolute atomic E-state index is 11.6. The summed E-state index contributed by atoms with van der Waals surface area (Å²) in [5.41, 5.74) is 1.09. The molecule has 0 aliphatic heterocycles. The summed E-state index contributed by atoms with van der Waals surface area (Å²) in [6.07, 6.45) is 3.68. The molecule has 1 amide bonds. The van der Waals surface area contributed by atoms with E-state index < -0.39 is 0 Å². The van der Waals surface area contributed by atoms with Gasteiger partial charge in [-0.1, -0.05) is 0 Å². The summed E-state index contributed by atoms with van der Waals surface area (Å²) in [6, 6.07) is 4.10. The van der Waals surface area contributed by atoms with E-state index in [0.29, 0.717) is 0 Å². The van der Waals surface area contributed by atoms with Crippen LogP contribution in [0.1, 0.15) is 18.4 Å². The lowest BCUT2D eigenvalue weighted by Gasteiger charge is -2.00. The third kappa shape index (κ3) is 2.67. The standard InChI is InChI=1S/C11H10N2OS/c12-6-9(5-8-3-4-15-7-8)11(14)13-10-1-2-10/h3-5,7,10H,1-2H2,(H,13,14)/b9-5+. The number of nitrogens with one attached hydrogen (secondary N) is 1. The van der Waals surface area contributed by atoms with Gasteiger partial charge < -0.3 is 5.32 Å². The van der Waals surface area contributed by atoms with Gasteiger partial charge in [-0.25, -0.2) is 0 Å². The molecule has 1 aliphatic rings. The highest BCUT2D eigenvalue weighted by molar-refractivity contribution is 7.08. The molecule has 4 heteroatoms. The normalized spacial score (nSPS) is 15.8. The summed E-state index contributed by atoms with van der Waals surface area (Å²) in [4.78, 5) is 11.6. The van der Waals surface area contributed by atoms with E-state index in [1.165, 1.54) is 0 Å². The number of rotatable bonds is 3. The molecule has 0 radical (unpaired) electrons. The van der Waals surface area contributed by atoms with Gasteiger partial charge in [0, 0.05) is 6.04 Å². The first-order valence-corrected chi connectivity index (χ1v) is 5.69. The Hall–Kier alpha value is -1.60. The van der Waals surface area contributed by atoms with Crippen LogP contribution in [0, 0.1) is 11.3 Å². The van der Waals surface area contributed by atoms with Gasteiger partial charge in [-0.15, -0.1) is 0 Å². The van der Waals surface area contributed by atoms with Crippen LogP contribution in [0.4, 0.5) is 0 Å². The lowest BCUT2D eigenvalue weighted by Crippen LogP contribution is -2.26. The summed E-state index contributed by atoms with van der Waals surface area (Å²) in [5.74, 6) is -0.258. The molecule has 1 fully saturated rings. The molecule has 15 heavy (non-hydrogen) atoms. The molecule has 0 saturated heterocycles. The Morgan fingerprint density at radius 3 is 3.00 bits per heavy atom. The van der Waals surface area contributed by atoms with Crippen molar-refractivity contribution < 1.29 is 4.79 Å². The van der Waals surface area contributed by atoms with Gasteiger partial charge in [0.05, 0.1) is 0 Å². The van der Waals surface area contributed by atoms with Crippen molar-refractivity contribution in [3.8, 4) is 6.07 Å². The first-order chi connectivity index (χ1) is 7.29. The predicted molar refractivity (Wildman–Crippen MR) is 59.1 cm³/mol. The average molecular weight is 218 g/mol. The molecule has 0 aromatic carbocycles. The molecule has 2 rings (SSSR count). The minimum atomic E-state index is -0.258. The number of carbonyl (C=O) groups excluding carboxylic acids is 1. The number of thiophene rings is 1. The van der Waals surface area contributed by atoms with E-state index in [-0.39, 0.29) is 17.5 Å². The zero-order valence-electron chi connectivity index (χ0n) is 8.06. The van der Waals surface area contributed by atoms with E-state index in [1.807, 2.05) is 22.9 Å². The zero-order valence-corrected chi connectivity index (χ0v) is 8.88. The van der Waals surface area contributed by atoms with Gasteiger partial charge in [-0.2, -0.15) is 16.6 Å². The fraction of sp³-hybridized carbons (Fsp3) is 0.273. The van der Waals surface area contributed by atoms with Crippen molar-refractivity contribution in [2.24, 2.45) is 0 Å². The first kappa shape index (κ1) is 9.94. The van der Waals surface area contributed by atoms with E-state index >= 15 is 0 Å². The molecule has 3 nitrogen and oxygen atoms in total. The SMILES string of the molecule is N#C/C(=C\c1ccsc1)C(=O)NC1CC1. The third-order valence-corrected chi connectivity index (χ3v) is 2.83. The van der Waals surface area contributed by atoms with Crippen molar-refractivity contribution in [1.29, 1.82) is 5.26 Å². The van der Waals surface area contributed by atoms with Gasteiger partial charge in [0.25, 0.3) is 5.91 Å². The van der Waals surface area contributed by atoms with Gasteiger partial charge in [0.2, 0.25) is 0 Å². The maximum atomic E-state index is 11.6. The largest absolute Gasteiger partial charge is 0.349 e. The summed E-state index contributed by atoms with van der Waals surface area (Å²) < 4.78 is 0. The van der Waals surface area contributed by atoms with Gasteiger partial charge >= 0.3 is 0 Å². The second-order valence-electron chi connectivity index (χ2n) is 3.47. The zero-order chi connectivity index (χ0) is 10.7. The van der Waals surface area contributed by atoms with Crippen molar-refractivity contribution in [2.45, 2.75) is 18.9 Å². The number of carbonyl (C=O) groups is 1. The Morgan fingerprint density at radius 2 is 2.47 bits per heavy atom. The second kappa shape index (κ2) is 4.28. The van der Waals surface area contributed by atoms with Crippen molar-refractivity contribution in [3.05, 3.63) is 28.0 Å². The van der Waals surface area contributed by atoms with Crippen LogP contribution < -0.4 is 5.32 Å². The van der Waals surface area contributed by atoms with Gasteiger partial charge in [0.15, 0.2) is 0 Å². The number of hydrogen-bond donors (Lipinski definition) is 1. The fourth-order valence-electron chi connectivity index (χ4n) is 1.16. The quantitative estimate of drug-likeness (QED) is 0.622. The number of hydrogen-bond acceptors (Lipinski definition) is 3. The molecule has 1 aliphatic carbocycles. The highest BCUT2D eigenvalue weighted by Gasteiger charge is 2.24. The van der Waals surface area contributed by atoms with Gasteiger partial charge in [0.1, 0.15) is 11.6 Å². The molecule has 1 aromatic rings. The van der Waals surface area contributed by atoms with E-state index in [2.05, 4.69) is 5.32 Å². The third-order valence-electron chi connectivity index (χ3n) is 2.13. The lowest BCUT2D eigenvalue weighted by atomic mass is 10.2. The van der Waals surface area contributed by atoms with E-state index in [1.54, 1.807) is 17.4 Å². The molecule has 1 aromatic heterocycles. The molecule has 76 valence electrons. The van der Waals surface area contributed by atoms with Gasteiger partial charge in [-0.05, 0) is 41.3 Å². The van der Waals surface area contributed by atoms with Crippen LogP contribution in [0.25, 0.3) is 6.08 Å². The molecule has 0 atom stereocenters. The molecular weight excluding hydrogens is 208 g/mol. The number of amides is 1. The fourth-order valence-corrected chi connectivity index (χ4v) is 1.78. The minimum absolute atomic E-state index is 0.181. The van der Waals surface area contributed by atoms with Crippen molar-refractivity contribution in [2.75, 3.05) is 0 Å². The highest BCUT2D eigenvalue weighted by atomic mass is 32.1. The number of nitriles is 1. The van der Waals surface area contributed by atoms with Gasteiger partial charge in [-0.3, -0.25) is 4.79 Å². The second-order valence-corrected chi connectivity index (χ2v) is 4.25. The maximum Gasteiger partial charge on any atom is 0.262 e. The van der Waals surface area contributed by atoms with Crippen molar-refractivity contribution in [1.82, 2.24) is 5.32 Å². The summed E-state index contributed by atoms with van der Waals surface area (Å²) in [7, 11) is 0. The van der Waals surface area contributed by atoms with Crippen LogP contribution in [0.15, 0.2) is 22.4 Å². The molecule has 1 saturated carbocycles. The van der Waals surface area contributed by atoms with Crippen LogP contribution in [0.3, 0.4) is 0 Å². The van der Waals surface area contributed by atoms with Crippen LogP contribution in [0.5, 0.6) is 0 Å². The van der Waals surface area contributed by atoms with Crippen LogP contribution in [-0.2, 0) is 4.79 Å². The molecule has 0 bridgehead atoms. The van der Waals surface area contributed by atoms with E-state index in [4.69, 9.17) is 5.26 Å². The molecule has 0 unspecified atom stereocenters.